The molecule has 0 aliphatic carbocycles. The van der Waals surface area contributed by atoms with Crippen LogP contribution in [0.3, 0.4) is 0 Å². The Labute approximate surface area is 146 Å². The first-order valence-corrected chi connectivity index (χ1v) is 8.68. The molecule has 0 aliphatic rings. The Kier molecular flexibility index (Phi) is 9.38. The molecule has 0 amide bonds. The number of thioether (sulfide) groups is 1. The SMILES string of the molecule is CCOC(=O)/C(O)=C/C=C(\SCCc1ccccc1)C(=O)OCC. The van der Waals surface area contributed by atoms with Crippen LogP contribution in [-0.2, 0) is 25.5 Å². The van der Waals surface area contributed by atoms with Crippen LogP contribution in [0.25, 0.3) is 0 Å². The lowest BCUT2D eigenvalue weighted by Crippen LogP contribution is -2.08. The van der Waals surface area contributed by atoms with Gasteiger partial charge in [-0.1, -0.05) is 30.3 Å². The van der Waals surface area contributed by atoms with Crippen LogP contribution in [0.1, 0.15) is 19.4 Å². The first kappa shape index (κ1) is 19.8. The van der Waals surface area contributed by atoms with Gasteiger partial charge in [-0.05, 0) is 38.0 Å². The lowest BCUT2D eigenvalue weighted by atomic mass is 10.2. The van der Waals surface area contributed by atoms with Crippen LogP contribution in [0.4, 0.5) is 0 Å². The van der Waals surface area contributed by atoms with Gasteiger partial charge in [0.2, 0.25) is 5.76 Å². The molecule has 0 atom stereocenters. The zero-order chi connectivity index (χ0) is 17.8. The number of carbonyl (C=O) groups excluding carboxylic acids is 2. The highest BCUT2D eigenvalue weighted by atomic mass is 32.2. The molecule has 0 saturated carbocycles. The van der Waals surface area contributed by atoms with E-state index in [4.69, 9.17) is 4.74 Å². The van der Waals surface area contributed by atoms with E-state index in [0.29, 0.717) is 10.7 Å². The minimum atomic E-state index is -0.828. The van der Waals surface area contributed by atoms with Crippen LogP contribution in [0.5, 0.6) is 0 Å². The molecule has 0 aliphatic heterocycles. The van der Waals surface area contributed by atoms with Crippen molar-refractivity contribution in [1.82, 2.24) is 0 Å². The monoisotopic (exact) mass is 350 g/mol. The van der Waals surface area contributed by atoms with Gasteiger partial charge in [-0.3, -0.25) is 0 Å². The minimum absolute atomic E-state index is 0.164. The third-order valence-corrected chi connectivity index (χ3v) is 3.87. The average Bonchev–Trinajstić information content (AvgIpc) is 2.58. The summed E-state index contributed by atoms with van der Waals surface area (Å²) in [6.07, 6.45) is 3.31. The fourth-order valence-electron chi connectivity index (χ4n) is 1.73. The van der Waals surface area contributed by atoms with Crippen LogP contribution < -0.4 is 0 Å². The second kappa shape index (κ2) is 11.3. The van der Waals surface area contributed by atoms with Crippen LogP contribution >= 0.6 is 11.8 Å². The summed E-state index contributed by atoms with van der Waals surface area (Å²) in [5, 5.41) is 9.59. The van der Waals surface area contributed by atoms with Crippen LogP contribution in [0.15, 0.2) is 53.1 Å². The smallest absolute Gasteiger partial charge is 0.373 e. The van der Waals surface area contributed by atoms with E-state index in [1.54, 1.807) is 13.8 Å². The highest BCUT2D eigenvalue weighted by molar-refractivity contribution is 8.03. The van der Waals surface area contributed by atoms with Crippen molar-refractivity contribution in [1.29, 1.82) is 0 Å². The quantitative estimate of drug-likeness (QED) is 0.318. The second-order valence-electron chi connectivity index (χ2n) is 4.61. The molecule has 1 aromatic rings. The normalized spacial score (nSPS) is 11.9. The van der Waals surface area contributed by atoms with Crippen LogP contribution in [0, 0.1) is 0 Å². The molecule has 0 aromatic heterocycles. The number of rotatable bonds is 9. The third kappa shape index (κ3) is 7.37. The molecule has 0 unspecified atom stereocenters. The van der Waals surface area contributed by atoms with Crippen molar-refractivity contribution in [3.8, 4) is 0 Å². The summed E-state index contributed by atoms with van der Waals surface area (Å²) >= 11 is 1.31. The zero-order valence-electron chi connectivity index (χ0n) is 13.9. The van der Waals surface area contributed by atoms with E-state index in [-0.39, 0.29) is 13.2 Å². The van der Waals surface area contributed by atoms with Crippen molar-refractivity contribution in [3.63, 3.8) is 0 Å². The molecule has 0 saturated heterocycles. The molecule has 0 fully saturated rings. The Morgan fingerprint density at radius 2 is 1.67 bits per heavy atom. The molecule has 0 spiro atoms. The topological polar surface area (TPSA) is 72.8 Å². The average molecular weight is 350 g/mol. The number of esters is 2. The van der Waals surface area contributed by atoms with Crippen molar-refractivity contribution < 1.29 is 24.2 Å². The Hall–Kier alpha value is -2.21. The van der Waals surface area contributed by atoms with Crippen molar-refractivity contribution in [2.45, 2.75) is 20.3 Å². The van der Waals surface area contributed by atoms with Crippen molar-refractivity contribution in [3.05, 3.63) is 58.7 Å². The fourth-order valence-corrected chi connectivity index (χ4v) is 2.63. The summed E-state index contributed by atoms with van der Waals surface area (Å²) in [4.78, 5) is 23.6. The van der Waals surface area contributed by atoms with Crippen LogP contribution in [0.2, 0.25) is 0 Å². The molecule has 0 radical (unpaired) electrons. The number of aryl methyl sites for hydroxylation is 1. The molecular formula is C18H22O5S. The standard InChI is InChI=1S/C18H22O5S/c1-3-22-17(20)15(19)10-11-16(18(21)23-4-2)24-13-12-14-8-6-5-7-9-14/h5-11,19H,3-4,12-13H2,1-2H3/b15-10-,16-11-. The maximum absolute atomic E-state index is 12.0. The van der Waals surface area contributed by atoms with E-state index in [2.05, 4.69) is 4.74 Å². The molecule has 1 aromatic carbocycles. The van der Waals surface area contributed by atoms with Crippen molar-refractivity contribution in [2.75, 3.05) is 19.0 Å². The maximum Gasteiger partial charge on any atom is 0.373 e. The summed E-state index contributed by atoms with van der Waals surface area (Å²) in [5.74, 6) is -1.19. The Bertz CT molecular complexity index is 593. The van der Waals surface area contributed by atoms with Gasteiger partial charge in [0, 0.05) is 5.75 Å². The lowest BCUT2D eigenvalue weighted by molar-refractivity contribution is -0.141. The molecular weight excluding hydrogens is 328 g/mol. The number of hydrogen-bond donors (Lipinski definition) is 1. The number of carbonyl (C=O) groups is 2. The minimum Gasteiger partial charge on any atom is -0.502 e. The molecule has 5 nitrogen and oxygen atoms in total. The molecule has 1 N–H and O–H groups in total. The summed E-state index contributed by atoms with van der Waals surface area (Å²) < 4.78 is 9.67. The summed E-state index contributed by atoms with van der Waals surface area (Å²) in [5.41, 5.74) is 1.16. The number of ether oxygens (including phenoxy) is 2. The summed E-state index contributed by atoms with van der Waals surface area (Å²) in [6.45, 7) is 3.78. The van der Waals surface area contributed by atoms with Crippen molar-refractivity contribution in [2.24, 2.45) is 0 Å². The lowest BCUT2D eigenvalue weighted by Gasteiger charge is -2.06. The van der Waals surface area contributed by atoms with Gasteiger partial charge < -0.3 is 14.6 Å². The summed E-state index contributed by atoms with van der Waals surface area (Å²) in [6, 6.07) is 9.90. The predicted octanol–water partition coefficient (Wildman–Crippen LogP) is 3.41. The van der Waals surface area contributed by atoms with E-state index < -0.39 is 17.7 Å². The predicted molar refractivity (Wildman–Crippen MR) is 94.7 cm³/mol. The zero-order valence-corrected chi connectivity index (χ0v) is 14.7. The van der Waals surface area contributed by atoms with Gasteiger partial charge in [-0.25, -0.2) is 9.59 Å². The highest BCUT2D eigenvalue weighted by Gasteiger charge is 2.12. The number of aliphatic hydroxyl groups is 1. The third-order valence-electron chi connectivity index (χ3n) is 2.84. The summed E-state index contributed by atoms with van der Waals surface area (Å²) in [7, 11) is 0. The number of aliphatic hydroxyl groups excluding tert-OH is 1. The Morgan fingerprint density at radius 3 is 2.29 bits per heavy atom. The second-order valence-corrected chi connectivity index (χ2v) is 5.74. The number of allylic oxidation sites excluding steroid dienone is 2. The van der Waals surface area contributed by atoms with Gasteiger partial charge in [0.25, 0.3) is 0 Å². The highest BCUT2D eigenvalue weighted by Crippen LogP contribution is 2.19. The Balaban J connectivity index is 2.72. The van der Waals surface area contributed by atoms with Gasteiger partial charge in [0.1, 0.15) is 0 Å². The molecule has 0 bridgehead atoms. The first-order valence-electron chi connectivity index (χ1n) is 7.70. The Morgan fingerprint density at radius 1 is 1.04 bits per heavy atom. The van der Waals surface area contributed by atoms with E-state index in [9.17, 15) is 14.7 Å². The number of hydrogen-bond acceptors (Lipinski definition) is 6. The van der Waals surface area contributed by atoms with Gasteiger partial charge in [-0.2, -0.15) is 0 Å². The van der Waals surface area contributed by atoms with Gasteiger partial charge in [0.15, 0.2) is 0 Å². The van der Waals surface area contributed by atoms with Crippen LogP contribution in [-0.4, -0.2) is 36.0 Å². The number of benzene rings is 1. The molecule has 0 heterocycles. The largest absolute Gasteiger partial charge is 0.502 e. The first-order chi connectivity index (χ1) is 11.6. The van der Waals surface area contributed by atoms with E-state index in [0.717, 1.165) is 18.1 Å². The van der Waals surface area contributed by atoms with Gasteiger partial charge >= 0.3 is 11.9 Å². The van der Waals surface area contributed by atoms with E-state index in [1.807, 2.05) is 30.3 Å². The van der Waals surface area contributed by atoms with E-state index in [1.165, 1.54) is 17.8 Å². The van der Waals surface area contributed by atoms with E-state index >= 15 is 0 Å². The van der Waals surface area contributed by atoms with Crippen molar-refractivity contribution >= 4 is 23.7 Å². The van der Waals surface area contributed by atoms with Gasteiger partial charge in [-0.15, -0.1) is 11.8 Å². The maximum atomic E-state index is 12.0. The molecule has 6 heteroatoms. The van der Waals surface area contributed by atoms with Gasteiger partial charge in [0.05, 0.1) is 18.1 Å². The molecule has 1 rings (SSSR count). The molecule has 24 heavy (non-hydrogen) atoms. The molecule has 130 valence electrons. The fraction of sp³-hybridized carbons (Fsp3) is 0.333.